The van der Waals surface area contributed by atoms with Crippen LogP contribution in [0.25, 0.3) is 0 Å². The zero-order valence-electron chi connectivity index (χ0n) is 16.6. The van der Waals surface area contributed by atoms with Crippen molar-refractivity contribution in [1.82, 2.24) is 16.0 Å². The number of aliphatic hydroxyl groups excluding tert-OH is 3. The number of nitrogens with two attached hydrogens (primary N) is 2. The molecule has 0 fully saturated rings. The minimum absolute atomic E-state index is 0.273. The molecule has 0 aliphatic rings. The van der Waals surface area contributed by atoms with Gasteiger partial charge < -0.3 is 47.8 Å². The first-order valence-corrected chi connectivity index (χ1v) is 8.96. The van der Waals surface area contributed by atoms with E-state index in [0.717, 1.165) is 13.8 Å². The number of hydrogen-bond donors (Lipinski definition) is 9. The number of carbonyl (C=O) groups is 5. The summed E-state index contributed by atoms with van der Waals surface area (Å²) >= 11 is 0. The highest BCUT2D eigenvalue weighted by atomic mass is 16.4. The van der Waals surface area contributed by atoms with Crippen molar-refractivity contribution >= 4 is 29.6 Å². The highest BCUT2D eigenvalue weighted by Crippen LogP contribution is 2.03. The largest absolute Gasteiger partial charge is 0.480 e. The number of rotatable bonds is 13. The Kier molecular flexibility index (Phi) is 11.5. The first kappa shape index (κ1) is 27.2. The quantitative estimate of drug-likeness (QED) is 0.133. The average molecular weight is 435 g/mol. The maximum Gasteiger partial charge on any atom is 0.328 e. The van der Waals surface area contributed by atoms with E-state index in [1.54, 1.807) is 0 Å². The minimum Gasteiger partial charge on any atom is -0.480 e. The lowest BCUT2D eigenvalue weighted by Crippen LogP contribution is -2.61. The predicted octanol–water partition coefficient (Wildman–Crippen LogP) is -5.13. The molecule has 0 aromatic rings. The van der Waals surface area contributed by atoms with Gasteiger partial charge in [-0.1, -0.05) is 0 Å². The van der Waals surface area contributed by atoms with Gasteiger partial charge in [-0.25, -0.2) is 4.79 Å². The van der Waals surface area contributed by atoms with Crippen molar-refractivity contribution in [3.8, 4) is 0 Å². The average Bonchev–Trinajstić information content (AvgIpc) is 2.64. The molecule has 0 bridgehead atoms. The van der Waals surface area contributed by atoms with Gasteiger partial charge in [-0.3, -0.25) is 19.2 Å². The number of primary amides is 1. The third-order valence-electron chi connectivity index (χ3n) is 3.95. The Hall–Kier alpha value is -2.81. The van der Waals surface area contributed by atoms with E-state index in [2.05, 4.69) is 10.6 Å². The number of carboxylic acids is 1. The van der Waals surface area contributed by atoms with Crippen LogP contribution in [0.5, 0.6) is 0 Å². The third kappa shape index (κ3) is 9.13. The molecule has 14 heteroatoms. The van der Waals surface area contributed by atoms with Crippen LogP contribution >= 0.6 is 0 Å². The molecule has 0 aromatic heterocycles. The summed E-state index contributed by atoms with van der Waals surface area (Å²) in [5.41, 5.74) is 10.4. The molecular formula is C16H29N5O9. The van der Waals surface area contributed by atoms with Gasteiger partial charge in [-0.05, 0) is 20.3 Å². The molecule has 30 heavy (non-hydrogen) atoms. The summed E-state index contributed by atoms with van der Waals surface area (Å²) < 4.78 is 0. The Labute approximate surface area is 172 Å². The zero-order valence-corrected chi connectivity index (χ0v) is 16.6. The molecule has 0 heterocycles. The molecule has 14 nitrogen and oxygen atoms in total. The maximum atomic E-state index is 12.5. The van der Waals surface area contributed by atoms with Gasteiger partial charge in [0.1, 0.15) is 18.1 Å². The van der Waals surface area contributed by atoms with Crippen molar-refractivity contribution in [2.45, 2.75) is 63.1 Å². The highest BCUT2D eigenvalue weighted by molar-refractivity contribution is 5.94. The Balaban J connectivity index is 5.43. The lowest BCUT2D eigenvalue weighted by molar-refractivity contribution is -0.146. The first-order chi connectivity index (χ1) is 13.8. The van der Waals surface area contributed by atoms with E-state index in [4.69, 9.17) is 21.7 Å². The molecular weight excluding hydrogens is 406 g/mol. The summed E-state index contributed by atoms with van der Waals surface area (Å²) in [7, 11) is 0. The van der Waals surface area contributed by atoms with Crippen molar-refractivity contribution in [2.75, 3.05) is 6.61 Å². The first-order valence-electron chi connectivity index (χ1n) is 8.96. The Bertz CT molecular complexity index is 641. The van der Waals surface area contributed by atoms with Gasteiger partial charge in [0, 0.05) is 6.42 Å². The lowest BCUT2D eigenvalue weighted by Gasteiger charge is -2.26. The fourth-order valence-corrected chi connectivity index (χ4v) is 2.21. The number of nitrogens with one attached hydrogen (secondary N) is 3. The van der Waals surface area contributed by atoms with Crippen molar-refractivity contribution in [2.24, 2.45) is 11.5 Å². The van der Waals surface area contributed by atoms with E-state index in [9.17, 15) is 34.2 Å². The summed E-state index contributed by atoms with van der Waals surface area (Å²) in [6.07, 6.45) is -3.56. The molecule has 4 amide bonds. The minimum atomic E-state index is -1.71. The molecule has 6 unspecified atom stereocenters. The monoisotopic (exact) mass is 435 g/mol. The zero-order chi connectivity index (χ0) is 23.6. The summed E-state index contributed by atoms with van der Waals surface area (Å²) in [4.78, 5) is 58.9. The van der Waals surface area contributed by atoms with Crippen LogP contribution in [0.4, 0.5) is 0 Å². The molecule has 0 aromatic carbocycles. The van der Waals surface area contributed by atoms with Crippen LogP contribution in [0.3, 0.4) is 0 Å². The van der Waals surface area contributed by atoms with Gasteiger partial charge in [0.05, 0.1) is 18.8 Å². The van der Waals surface area contributed by atoms with Crippen LogP contribution in [-0.2, 0) is 24.0 Å². The van der Waals surface area contributed by atoms with E-state index in [0.29, 0.717) is 0 Å². The van der Waals surface area contributed by atoms with Gasteiger partial charge >= 0.3 is 5.97 Å². The van der Waals surface area contributed by atoms with Crippen LogP contribution in [-0.4, -0.2) is 93.0 Å². The number of carbonyl (C=O) groups excluding carboxylic acids is 4. The van der Waals surface area contributed by atoms with E-state index >= 15 is 0 Å². The summed E-state index contributed by atoms with van der Waals surface area (Å²) in [6, 6.07) is -6.11. The van der Waals surface area contributed by atoms with Gasteiger partial charge in [-0.2, -0.15) is 0 Å². The molecule has 172 valence electrons. The summed E-state index contributed by atoms with van der Waals surface area (Å²) in [5.74, 6) is -5.35. The number of aliphatic carboxylic acids is 1. The van der Waals surface area contributed by atoms with Crippen molar-refractivity contribution in [3.63, 3.8) is 0 Å². The SMILES string of the molecule is CC(O)C(NC(=O)C(NC(=O)C(CCC(N)=O)NC(=O)C(N)CO)C(C)O)C(=O)O. The Morgan fingerprint density at radius 3 is 1.77 bits per heavy atom. The van der Waals surface area contributed by atoms with Crippen molar-refractivity contribution in [3.05, 3.63) is 0 Å². The standard InChI is InChI=1S/C16H29N5O9/c1-6(23)11(15(28)21-12(7(2)24)16(29)30)20-14(27)9(3-4-10(18)25)19-13(26)8(17)5-22/h6-9,11-12,22-24H,3-5,17H2,1-2H3,(H2,18,25)(H,19,26)(H,20,27)(H,21,28)(H,29,30). The second-order valence-corrected chi connectivity index (χ2v) is 6.65. The number of hydrogen-bond acceptors (Lipinski definition) is 9. The van der Waals surface area contributed by atoms with Crippen LogP contribution in [0, 0.1) is 0 Å². The molecule has 0 aliphatic carbocycles. The summed E-state index contributed by atoms with van der Waals surface area (Å²) in [6.45, 7) is 1.54. The normalized spacial score (nSPS) is 16.9. The number of amides is 4. The van der Waals surface area contributed by atoms with Gasteiger partial charge in [-0.15, -0.1) is 0 Å². The van der Waals surface area contributed by atoms with Gasteiger partial charge in [0.2, 0.25) is 23.6 Å². The van der Waals surface area contributed by atoms with Crippen LogP contribution in [0.15, 0.2) is 0 Å². The van der Waals surface area contributed by atoms with E-state index in [-0.39, 0.29) is 12.8 Å². The van der Waals surface area contributed by atoms with Gasteiger partial charge in [0.25, 0.3) is 0 Å². The van der Waals surface area contributed by atoms with Crippen LogP contribution in [0.2, 0.25) is 0 Å². The molecule has 0 saturated carbocycles. The molecule has 0 radical (unpaired) electrons. The molecule has 0 rings (SSSR count). The number of aliphatic hydroxyl groups is 3. The van der Waals surface area contributed by atoms with E-state index < -0.39 is 72.6 Å². The molecule has 11 N–H and O–H groups in total. The third-order valence-corrected chi connectivity index (χ3v) is 3.95. The molecule has 0 aliphatic heterocycles. The highest BCUT2D eigenvalue weighted by Gasteiger charge is 2.34. The second kappa shape index (κ2) is 12.7. The molecule has 0 spiro atoms. The van der Waals surface area contributed by atoms with Crippen molar-refractivity contribution in [1.29, 1.82) is 0 Å². The van der Waals surface area contributed by atoms with Crippen LogP contribution in [0.1, 0.15) is 26.7 Å². The maximum absolute atomic E-state index is 12.5. The van der Waals surface area contributed by atoms with E-state index in [1.165, 1.54) is 0 Å². The van der Waals surface area contributed by atoms with Gasteiger partial charge in [0.15, 0.2) is 6.04 Å². The second-order valence-electron chi connectivity index (χ2n) is 6.65. The topological polar surface area (TPSA) is 254 Å². The summed E-state index contributed by atoms with van der Waals surface area (Å²) in [5, 5.41) is 43.5. The molecule has 0 saturated heterocycles. The Morgan fingerprint density at radius 2 is 1.37 bits per heavy atom. The predicted molar refractivity (Wildman–Crippen MR) is 100 cm³/mol. The molecule has 6 atom stereocenters. The van der Waals surface area contributed by atoms with Crippen molar-refractivity contribution < 1.29 is 44.4 Å². The number of carboxylic acid groups (broad SMARTS) is 1. The Morgan fingerprint density at radius 1 is 0.867 bits per heavy atom. The smallest absolute Gasteiger partial charge is 0.328 e. The van der Waals surface area contributed by atoms with Crippen LogP contribution < -0.4 is 27.4 Å². The fourth-order valence-electron chi connectivity index (χ4n) is 2.21. The van der Waals surface area contributed by atoms with E-state index in [1.807, 2.05) is 5.32 Å². The fraction of sp³-hybridized carbons (Fsp3) is 0.688. The lowest BCUT2D eigenvalue weighted by atomic mass is 10.1.